The Balaban J connectivity index is 1.88. The summed E-state index contributed by atoms with van der Waals surface area (Å²) in [7, 11) is 0. The minimum atomic E-state index is -0.125. The third-order valence-electron chi connectivity index (χ3n) is 4.70. The van der Waals surface area contributed by atoms with E-state index in [4.69, 9.17) is 5.73 Å². The molecule has 2 aromatic rings. The van der Waals surface area contributed by atoms with Crippen molar-refractivity contribution < 1.29 is 0 Å². The van der Waals surface area contributed by atoms with Crippen molar-refractivity contribution in [1.82, 2.24) is 0 Å². The third-order valence-corrected chi connectivity index (χ3v) is 5.20. The highest BCUT2D eigenvalue weighted by Crippen LogP contribution is 2.41. The van der Waals surface area contributed by atoms with Gasteiger partial charge in [0.15, 0.2) is 0 Å². The number of rotatable bonds is 3. The smallest absolute Gasteiger partial charge is 0.0264 e. The summed E-state index contributed by atoms with van der Waals surface area (Å²) in [4.78, 5) is 0. The first-order valence-electron chi connectivity index (χ1n) is 7.76. The summed E-state index contributed by atoms with van der Waals surface area (Å²) in [6.07, 6.45) is 5.80. The predicted molar refractivity (Wildman–Crippen MR) is 92.4 cm³/mol. The van der Waals surface area contributed by atoms with Gasteiger partial charge in [0.25, 0.3) is 0 Å². The molecule has 1 aliphatic rings. The average molecular weight is 344 g/mol. The van der Waals surface area contributed by atoms with E-state index in [1.165, 1.54) is 30.4 Å². The van der Waals surface area contributed by atoms with Crippen LogP contribution in [0, 0.1) is 0 Å². The molecule has 21 heavy (non-hydrogen) atoms. The van der Waals surface area contributed by atoms with Gasteiger partial charge in [0.2, 0.25) is 0 Å². The Morgan fingerprint density at radius 2 is 1.86 bits per heavy atom. The Bertz CT molecular complexity index is 596. The van der Waals surface area contributed by atoms with Gasteiger partial charge in [0, 0.05) is 15.9 Å². The molecule has 2 unspecified atom stereocenters. The second-order valence-electron chi connectivity index (χ2n) is 6.25. The quantitative estimate of drug-likeness (QED) is 0.829. The van der Waals surface area contributed by atoms with Gasteiger partial charge in [0.1, 0.15) is 0 Å². The summed E-state index contributed by atoms with van der Waals surface area (Å²) in [5.41, 5.74) is 9.50. The maximum atomic E-state index is 6.90. The first-order valence-corrected chi connectivity index (χ1v) is 8.55. The second-order valence-corrected chi connectivity index (χ2v) is 7.16. The molecule has 0 aliphatic heterocycles. The van der Waals surface area contributed by atoms with Crippen LogP contribution in [0.15, 0.2) is 59.1 Å². The molecule has 0 radical (unpaired) electrons. The van der Waals surface area contributed by atoms with Crippen molar-refractivity contribution in [2.75, 3.05) is 0 Å². The summed E-state index contributed by atoms with van der Waals surface area (Å²) in [6, 6.07) is 19.4. The van der Waals surface area contributed by atoms with Crippen LogP contribution in [0.4, 0.5) is 0 Å². The molecule has 2 aromatic carbocycles. The first kappa shape index (κ1) is 14.8. The zero-order valence-electron chi connectivity index (χ0n) is 12.3. The van der Waals surface area contributed by atoms with Crippen molar-refractivity contribution in [2.45, 2.75) is 43.6 Å². The fourth-order valence-electron chi connectivity index (χ4n) is 3.69. The Morgan fingerprint density at radius 3 is 2.62 bits per heavy atom. The normalized spacial score (nSPS) is 25.7. The molecule has 3 rings (SSSR count). The van der Waals surface area contributed by atoms with E-state index >= 15 is 0 Å². The van der Waals surface area contributed by atoms with Crippen molar-refractivity contribution in [3.05, 3.63) is 70.2 Å². The van der Waals surface area contributed by atoms with E-state index in [1.807, 2.05) is 0 Å². The molecule has 0 heterocycles. The van der Waals surface area contributed by atoms with Crippen LogP contribution in [-0.2, 0) is 6.42 Å². The highest BCUT2D eigenvalue weighted by Gasteiger charge is 2.38. The number of halogens is 1. The molecule has 110 valence electrons. The van der Waals surface area contributed by atoms with E-state index in [-0.39, 0.29) is 5.54 Å². The number of benzene rings is 2. The zero-order chi connectivity index (χ0) is 14.7. The molecule has 0 spiro atoms. The molecule has 0 amide bonds. The fourth-order valence-corrected chi connectivity index (χ4v) is 4.13. The summed E-state index contributed by atoms with van der Waals surface area (Å²) in [6.45, 7) is 0. The second kappa shape index (κ2) is 6.33. The van der Waals surface area contributed by atoms with Crippen LogP contribution < -0.4 is 5.73 Å². The maximum Gasteiger partial charge on any atom is 0.0264 e. The molecule has 1 aliphatic carbocycles. The highest BCUT2D eigenvalue weighted by atomic mass is 79.9. The number of hydrogen-bond donors (Lipinski definition) is 1. The number of hydrogen-bond acceptors (Lipinski definition) is 1. The largest absolute Gasteiger partial charge is 0.324 e. The predicted octanol–water partition coefficient (Wildman–Crippen LogP) is 5.05. The molecule has 0 aromatic heterocycles. The summed E-state index contributed by atoms with van der Waals surface area (Å²) in [5, 5.41) is 0. The van der Waals surface area contributed by atoms with E-state index < -0.39 is 0 Å². The van der Waals surface area contributed by atoms with Crippen molar-refractivity contribution in [2.24, 2.45) is 5.73 Å². The van der Waals surface area contributed by atoms with Crippen molar-refractivity contribution in [3.63, 3.8) is 0 Å². The van der Waals surface area contributed by atoms with Gasteiger partial charge in [-0.2, -0.15) is 0 Å². The van der Waals surface area contributed by atoms with Crippen molar-refractivity contribution in [1.29, 1.82) is 0 Å². The molecule has 0 saturated heterocycles. The lowest BCUT2D eigenvalue weighted by Gasteiger charge is -2.42. The van der Waals surface area contributed by atoms with Gasteiger partial charge in [-0.1, -0.05) is 71.2 Å². The lowest BCUT2D eigenvalue weighted by Crippen LogP contribution is -2.49. The van der Waals surface area contributed by atoms with Gasteiger partial charge in [-0.25, -0.2) is 0 Å². The Kier molecular flexibility index (Phi) is 4.46. The molecular weight excluding hydrogens is 322 g/mol. The molecule has 1 saturated carbocycles. The van der Waals surface area contributed by atoms with Gasteiger partial charge in [0.05, 0.1) is 0 Å². The molecule has 0 bridgehead atoms. The van der Waals surface area contributed by atoms with Crippen LogP contribution in [0.1, 0.15) is 42.7 Å². The van der Waals surface area contributed by atoms with E-state index in [0.717, 1.165) is 17.3 Å². The zero-order valence-corrected chi connectivity index (χ0v) is 13.9. The van der Waals surface area contributed by atoms with Crippen LogP contribution in [-0.4, -0.2) is 5.54 Å². The van der Waals surface area contributed by atoms with Crippen molar-refractivity contribution >= 4 is 15.9 Å². The molecule has 2 N–H and O–H groups in total. The van der Waals surface area contributed by atoms with Crippen LogP contribution >= 0.6 is 15.9 Å². The van der Waals surface area contributed by atoms with Gasteiger partial charge in [-0.3, -0.25) is 0 Å². The first-order chi connectivity index (χ1) is 10.2. The molecule has 1 nitrogen and oxygen atoms in total. The average Bonchev–Trinajstić information content (AvgIpc) is 2.48. The van der Waals surface area contributed by atoms with Gasteiger partial charge in [-0.05, 0) is 42.5 Å². The van der Waals surface area contributed by atoms with E-state index in [1.54, 1.807) is 0 Å². The Hall–Kier alpha value is -1.12. The molecular formula is C19H22BrN. The van der Waals surface area contributed by atoms with Crippen LogP contribution in [0.2, 0.25) is 0 Å². The molecule has 2 heteroatoms. The number of nitrogens with two attached hydrogens (primary N) is 1. The third kappa shape index (κ3) is 3.38. The van der Waals surface area contributed by atoms with Crippen LogP contribution in [0.5, 0.6) is 0 Å². The van der Waals surface area contributed by atoms with Gasteiger partial charge < -0.3 is 5.73 Å². The molecule has 1 fully saturated rings. The van der Waals surface area contributed by atoms with E-state index in [9.17, 15) is 0 Å². The molecule has 2 atom stereocenters. The standard InChI is InChI=1S/C19H22BrN/c20-17-10-6-7-15(13-17)14-19(21)12-5-4-11-18(19)16-8-2-1-3-9-16/h1-3,6-10,13,18H,4-5,11-12,14,21H2. The SMILES string of the molecule is NC1(Cc2cccc(Br)c2)CCCCC1c1ccccc1. The minimum absolute atomic E-state index is 0.125. The Labute approximate surface area is 135 Å². The minimum Gasteiger partial charge on any atom is -0.324 e. The topological polar surface area (TPSA) is 26.0 Å². The monoisotopic (exact) mass is 343 g/mol. The summed E-state index contributed by atoms with van der Waals surface area (Å²) in [5.74, 6) is 0.464. The fraction of sp³-hybridized carbons (Fsp3) is 0.368. The Morgan fingerprint density at radius 1 is 1.05 bits per heavy atom. The lowest BCUT2D eigenvalue weighted by atomic mass is 9.67. The van der Waals surface area contributed by atoms with E-state index in [2.05, 4.69) is 70.5 Å². The van der Waals surface area contributed by atoms with Gasteiger partial charge >= 0.3 is 0 Å². The maximum absolute atomic E-state index is 6.90. The highest BCUT2D eigenvalue weighted by molar-refractivity contribution is 9.10. The van der Waals surface area contributed by atoms with Crippen molar-refractivity contribution in [3.8, 4) is 0 Å². The summed E-state index contributed by atoms with van der Waals surface area (Å²) < 4.78 is 1.13. The van der Waals surface area contributed by atoms with Crippen LogP contribution in [0.3, 0.4) is 0 Å². The summed E-state index contributed by atoms with van der Waals surface area (Å²) >= 11 is 3.56. The van der Waals surface area contributed by atoms with Crippen LogP contribution in [0.25, 0.3) is 0 Å². The van der Waals surface area contributed by atoms with Gasteiger partial charge in [-0.15, -0.1) is 0 Å². The van der Waals surface area contributed by atoms with E-state index in [0.29, 0.717) is 5.92 Å². The lowest BCUT2D eigenvalue weighted by molar-refractivity contribution is 0.249.